The highest BCUT2D eigenvalue weighted by Crippen LogP contribution is 2.16. The van der Waals surface area contributed by atoms with Gasteiger partial charge in [-0.3, -0.25) is 9.69 Å². The third-order valence-electron chi connectivity index (χ3n) is 2.00. The van der Waals surface area contributed by atoms with Gasteiger partial charge in [0, 0.05) is 6.54 Å². The minimum atomic E-state index is -4.67. The first-order valence-corrected chi connectivity index (χ1v) is 5.75. The molecule has 1 saturated heterocycles. The molecule has 0 aromatic heterocycles. The van der Waals surface area contributed by atoms with E-state index in [2.05, 4.69) is 5.32 Å². The van der Waals surface area contributed by atoms with E-state index in [1.165, 1.54) is 13.8 Å². The first kappa shape index (κ1) is 11.9. The van der Waals surface area contributed by atoms with Crippen LogP contribution in [0.3, 0.4) is 0 Å². The van der Waals surface area contributed by atoms with Crippen LogP contribution in [0.2, 0.25) is 0 Å². The van der Waals surface area contributed by atoms with Crippen LogP contribution in [0, 0.1) is 0 Å². The first-order chi connectivity index (χ1) is 6.63. The van der Waals surface area contributed by atoms with Gasteiger partial charge in [-0.1, -0.05) is 0 Å². The SMILES string of the molecule is CC1(C)NC(=O)N(CCS(=O)(=O)F)C1=O. The molecule has 8 heteroatoms. The van der Waals surface area contributed by atoms with Crippen LogP contribution in [0.5, 0.6) is 0 Å². The number of imide groups is 1. The number of amides is 3. The predicted octanol–water partition coefficient (Wildman–Crippen LogP) is -0.384. The molecule has 86 valence electrons. The Balaban J connectivity index is 2.73. The minimum Gasteiger partial charge on any atom is -0.324 e. The van der Waals surface area contributed by atoms with Crippen LogP contribution in [0.15, 0.2) is 0 Å². The molecular weight excluding hydrogens is 227 g/mol. The predicted molar refractivity (Wildman–Crippen MR) is 49.2 cm³/mol. The number of nitrogens with zero attached hydrogens (tertiary/aromatic N) is 1. The fraction of sp³-hybridized carbons (Fsp3) is 0.714. The number of carbonyl (C=O) groups excluding carboxylic acids is 2. The van der Waals surface area contributed by atoms with E-state index in [1.807, 2.05) is 0 Å². The van der Waals surface area contributed by atoms with Crippen molar-refractivity contribution in [1.82, 2.24) is 10.2 Å². The summed E-state index contributed by atoms with van der Waals surface area (Å²) in [5.74, 6) is -1.43. The molecule has 3 amide bonds. The number of rotatable bonds is 3. The second-order valence-corrected chi connectivity index (χ2v) is 5.24. The van der Waals surface area contributed by atoms with Crippen LogP contribution >= 0.6 is 0 Å². The summed E-state index contributed by atoms with van der Waals surface area (Å²) >= 11 is 0. The molecule has 1 rings (SSSR count). The Morgan fingerprint density at radius 1 is 1.40 bits per heavy atom. The lowest BCUT2D eigenvalue weighted by Gasteiger charge is -2.14. The Kier molecular flexibility index (Phi) is 2.73. The smallest absolute Gasteiger partial charge is 0.324 e. The molecule has 0 unspecified atom stereocenters. The largest absolute Gasteiger partial charge is 0.325 e. The van der Waals surface area contributed by atoms with E-state index in [-0.39, 0.29) is 0 Å². The number of hydrogen-bond donors (Lipinski definition) is 1. The molecule has 1 N–H and O–H groups in total. The molecule has 0 atom stereocenters. The van der Waals surface area contributed by atoms with E-state index in [0.717, 1.165) is 0 Å². The van der Waals surface area contributed by atoms with Gasteiger partial charge in [-0.05, 0) is 13.8 Å². The number of hydrogen-bond acceptors (Lipinski definition) is 4. The van der Waals surface area contributed by atoms with Crippen molar-refractivity contribution in [2.75, 3.05) is 12.3 Å². The fourth-order valence-electron chi connectivity index (χ4n) is 1.22. The summed E-state index contributed by atoms with van der Waals surface area (Å²) in [7, 11) is -4.67. The minimum absolute atomic E-state index is 0.465. The fourth-order valence-corrected chi connectivity index (χ4v) is 1.62. The average Bonchev–Trinajstić information content (AvgIpc) is 2.18. The van der Waals surface area contributed by atoms with E-state index in [4.69, 9.17) is 0 Å². The van der Waals surface area contributed by atoms with Gasteiger partial charge >= 0.3 is 16.3 Å². The summed E-state index contributed by atoms with van der Waals surface area (Å²) in [6.07, 6.45) is 0. The van der Waals surface area contributed by atoms with E-state index < -0.39 is 40.0 Å². The van der Waals surface area contributed by atoms with E-state index in [0.29, 0.717) is 4.90 Å². The van der Waals surface area contributed by atoms with Crippen LogP contribution in [-0.2, 0) is 15.0 Å². The van der Waals surface area contributed by atoms with Crippen LogP contribution in [-0.4, -0.2) is 43.1 Å². The molecule has 6 nitrogen and oxygen atoms in total. The third-order valence-corrected chi connectivity index (χ3v) is 2.67. The van der Waals surface area contributed by atoms with Gasteiger partial charge in [0.2, 0.25) is 0 Å². The van der Waals surface area contributed by atoms with Gasteiger partial charge in [0.1, 0.15) is 5.54 Å². The summed E-state index contributed by atoms with van der Waals surface area (Å²) in [5.41, 5.74) is -1.06. The number of urea groups is 1. The first-order valence-electron chi connectivity index (χ1n) is 4.20. The van der Waals surface area contributed by atoms with Gasteiger partial charge < -0.3 is 5.32 Å². The number of halogens is 1. The van der Waals surface area contributed by atoms with E-state index in [9.17, 15) is 21.9 Å². The summed E-state index contributed by atoms with van der Waals surface area (Å²) in [6.45, 7) is 2.50. The molecule has 0 aliphatic carbocycles. The summed E-state index contributed by atoms with van der Waals surface area (Å²) < 4.78 is 32.6. The van der Waals surface area contributed by atoms with Gasteiger partial charge in [-0.15, -0.1) is 3.89 Å². The molecule has 1 aliphatic heterocycles. The van der Waals surface area contributed by atoms with Gasteiger partial charge in [0.25, 0.3) is 5.91 Å². The Bertz CT molecular complexity index is 403. The average molecular weight is 238 g/mol. The van der Waals surface area contributed by atoms with Crippen LogP contribution in [0.25, 0.3) is 0 Å². The van der Waals surface area contributed by atoms with Crippen LogP contribution in [0.4, 0.5) is 8.68 Å². The lowest BCUT2D eigenvalue weighted by molar-refractivity contribution is -0.130. The topological polar surface area (TPSA) is 83.6 Å². The van der Waals surface area contributed by atoms with Gasteiger partial charge in [0.15, 0.2) is 0 Å². The molecule has 1 heterocycles. The zero-order valence-corrected chi connectivity index (χ0v) is 9.10. The lowest BCUT2D eigenvalue weighted by Crippen LogP contribution is -2.40. The zero-order valence-electron chi connectivity index (χ0n) is 8.28. The highest BCUT2D eigenvalue weighted by molar-refractivity contribution is 7.86. The van der Waals surface area contributed by atoms with Crippen molar-refractivity contribution in [1.29, 1.82) is 0 Å². The van der Waals surface area contributed by atoms with Crippen molar-refractivity contribution >= 4 is 22.2 Å². The highest BCUT2D eigenvalue weighted by Gasteiger charge is 2.44. The maximum atomic E-state index is 12.2. The van der Waals surface area contributed by atoms with Gasteiger partial charge in [-0.2, -0.15) is 8.42 Å². The van der Waals surface area contributed by atoms with Crippen molar-refractivity contribution in [2.24, 2.45) is 0 Å². The molecule has 0 saturated carbocycles. The lowest BCUT2D eigenvalue weighted by atomic mass is 10.1. The maximum Gasteiger partial charge on any atom is 0.325 e. The molecule has 0 radical (unpaired) electrons. The van der Waals surface area contributed by atoms with Crippen LogP contribution < -0.4 is 5.32 Å². The summed E-state index contributed by atoms with van der Waals surface area (Å²) in [5, 5.41) is 2.35. The molecule has 15 heavy (non-hydrogen) atoms. The van der Waals surface area contributed by atoms with Crippen LogP contribution in [0.1, 0.15) is 13.8 Å². The van der Waals surface area contributed by atoms with Crippen molar-refractivity contribution in [3.8, 4) is 0 Å². The molecular formula is C7H11FN2O4S. The van der Waals surface area contributed by atoms with Crippen molar-refractivity contribution in [2.45, 2.75) is 19.4 Å². The third kappa shape index (κ3) is 2.65. The summed E-state index contributed by atoms with van der Waals surface area (Å²) in [4.78, 5) is 23.4. The molecule has 1 aliphatic rings. The molecule has 0 bridgehead atoms. The van der Waals surface area contributed by atoms with Crippen molar-refractivity contribution < 1.29 is 21.9 Å². The zero-order chi connectivity index (χ0) is 11.9. The Morgan fingerprint density at radius 3 is 2.27 bits per heavy atom. The quantitative estimate of drug-likeness (QED) is 0.536. The summed E-state index contributed by atoms with van der Waals surface area (Å²) in [6, 6.07) is -0.700. The second kappa shape index (κ2) is 3.44. The number of nitrogens with one attached hydrogen (secondary N) is 1. The van der Waals surface area contributed by atoms with E-state index in [1.54, 1.807) is 0 Å². The molecule has 0 spiro atoms. The molecule has 0 aromatic rings. The molecule has 1 fully saturated rings. The van der Waals surface area contributed by atoms with Gasteiger partial charge in [-0.25, -0.2) is 4.79 Å². The Labute approximate surface area is 86.6 Å². The van der Waals surface area contributed by atoms with Gasteiger partial charge in [0.05, 0.1) is 5.75 Å². The second-order valence-electron chi connectivity index (χ2n) is 3.75. The van der Waals surface area contributed by atoms with Crippen molar-refractivity contribution in [3.63, 3.8) is 0 Å². The Morgan fingerprint density at radius 2 is 1.93 bits per heavy atom. The van der Waals surface area contributed by atoms with E-state index >= 15 is 0 Å². The monoisotopic (exact) mass is 238 g/mol. The number of carbonyl (C=O) groups is 2. The normalized spacial score (nSPS) is 20.6. The highest BCUT2D eigenvalue weighted by atomic mass is 32.3. The maximum absolute atomic E-state index is 12.2. The standard InChI is InChI=1S/C7H11FN2O4S/c1-7(2)5(11)10(6(12)9-7)3-4-15(8,13)14/h3-4H2,1-2H3,(H,9,12). The molecule has 0 aromatic carbocycles. The van der Waals surface area contributed by atoms with Crippen molar-refractivity contribution in [3.05, 3.63) is 0 Å². The Hall–Kier alpha value is -1.18.